The van der Waals surface area contributed by atoms with Crippen LogP contribution in [0, 0.1) is 17.3 Å². The Hall–Kier alpha value is -2.49. The number of carbonyl (C=O) groups excluding carboxylic acids is 3. The fourth-order valence-electron chi connectivity index (χ4n) is 4.27. The van der Waals surface area contributed by atoms with Crippen molar-refractivity contribution in [1.82, 2.24) is 21.0 Å². The summed E-state index contributed by atoms with van der Waals surface area (Å²) in [7, 11) is 0. The van der Waals surface area contributed by atoms with Gasteiger partial charge in [0.15, 0.2) is 0 Å². The van der Waals surface area contributed by atoms with Crippen LogP contribution in [0.4, 0.5) is 0 Å². The Balaban J connectivity index is 1.88. The number of benzene rings is 1. The van der Waals surface area contributed by atoms with Gasteiger partial charge in [-0.25, -0.2) is 5.48 Å². The molecule has 0 aliphatic carbocycles. The Morgan fingerprint density at radius 2 is 1.73 bits per heavy atom. The van der Waals surface area contributed by atoms with Gasteiger partial charge in [-0.2, -0.15) is 0 Å². The first-order valence-corrected chi connectivity index (χ1v) is 13.4. The molecule has 9 heteroatoms. The molecule has 1 aliphatic heterocycles. The highest BCUT2D eigenvalue weighted by Gasteiger charge is 2.35. The summed E-state index contributed by atoms with van der Waals surface area (Å²) in [6.45, 7) is 14.8. The van der Waals surface area contributed by atoms with E-state index in [4.69, 9.17) is 9.57 Å². The van der Waals surface area contributed by atoms with Crippen LogP contribution in [0.2, 0.25) is 0 Å². The van der Waals surface area contributed by atoms with Gasteiger partial charge in [0.25, 0.3) is 0 Å². The van der Waals surface area contributed by atoms with Crippen molar-refractivity contribution in [2.75, 3.05) is 39.4 Å². The highest BCUT2D eigenvalue weighted by molar-refractivity contribution is 5.91. The van der Waals surface area contributed by atoms with E-state index in [0.717, 1.165) is 44.8 Å². The Bertz CT molecular complexity index is 835. The molecule has 1 aromatic rings. The molecule has 0 saturated carbocycles. The molecule has 1 aliphatic rings. The SMILES string of the molecule is CC(C)C[C@H](CC(=O)NOCc1ccccc1)C(=O)N[C@H](C(=O)NCCCN1CCOCC1)C(C)(C)C. The molecule has 2 rings (SSSR count). The molecule has 3 amide bonds. The molecule has 3 N–H and O–H groups in total. The predicted molar refractivity (Wildman–Crippen MR) is 143 cm³/mol. The van der Waals surface area contributed by atoms with Gasteiger partial charge in [-0.15, -0.1) is 0 Å². The molecule has 1 saturated heterocycles. The van der Waals surface area contributed by atoms with Gasteiger partial charge in [-0.3, -0.25) is 24.1 Å². The normalized spacial score (nSPS) is 16.2. The summed E-state index contributed by atoms with van der Waals surface area (Å²) in [6.07, 6.45) is 1.34. The van der Waals surface area contributed by atoms with Crippen molar-refractivity contribution in [2.24, 2.45) is 17.3 Å². The molecule has 9 nitrogen and oxygen atoms in total. The van der Waals surface area contributed by atoms with Crippen molar-refractivity contribution in [2.45, 2.75) is 66.5 Å². The first-order valence-electron chi connectivity index (χ1n) is 13.4. The van der Waals surface area contributed by atoms with Crippen molar-refractivity contribution in [3.05, 3.63) is 35.9 Å². The molecule has 1 fully saturated rings. The number of hydrogen-bond acceptors (Lipinski definition) is 6. The summed E-state index contributed by atoms with van der Waals surface area (Å²) in [4.78, 5) is 46.5. The van der Waals surface area contributed by atoms with E-state index in [9.17, 15) is 14.4 Å². The third kappa shape index (κ3) is 12.1. The predicted octanol–water partition coefficient (Wildman–Crippen LogP) is 2.66. The number of morpholine rings is 1. The first kappa shape index (κ1) is 30.7. The highest BCUT2D eigenvalue weighted by Crippen LogP contribution is 2.22. The number of rotatable bonds is 14. The molecule has 0 spiro atoms. The minimum absolute atomic E-state index is 0.0170. The number of amides is 3. The van der Waals surface area contributed by atoms with Crippen LogP contribution in [-0.2, 0) is 30.6 Å². The average molecular weight is 519 g/mol. The quantitative estimate of drug-likeness (QED) is 0.258. The van der Waals surface area contributed by atoms with E-state index < -0.39 is 17.4 Å². The summed E-state index contributed by atoms with van der Waals surface area (Å²) >= 11 is 0. The summed E-state index contributed by atoms with van der Waals surface area (Å²) in [5, 5.41) is 5.93. The maximum atomic E-state index is 13.3. The largest absolute Gasteiger partial charge is 0.379 e. The maximum Gasteiger partial charge on any atom is 0.244 e. The van der Waals surface area contributed by atoms with Crippen LogP contribution in [-0.4, -0.2) is 68.1 Å². The molecule has 2 atom stereocenters. The maximum absolute atomic E-state index is 13.3. The van der Waals surface area contributed by atoms with E-state index in [0.29, 0.717) is 13.0 Å². The second-order valence-electron chi connectivity index (χ2n) is 11.2. The lowest BCUT2D eigenvalue weighted by atomic mass is 9.85. The number of nitrogens with zero attached hydrogens (tertiary/aromatic N) is 1. The van der Waals surface area contributed by atoms with E-state index in [2.05, 4.69) is 21.0 Å². The Labute approximate surface area is 222 Å². The van der Waals surface area contributed by atoms with Crippen LogP contribution in [0.15, 0.2) is 30.3 Å². The summed E-state index contributed by atoms with van der Waals surface area (Å²) in [5.41, 5.74) is 2.89. The van der Waals surface area contributed by atoms with Gasteiger partial charge in [0.1, 0.15) is 6.04 Å². The van der Waals surface area contributed by atoms with Gasteiger partial charge >= 0.3 is 0 Å². The molecular weight excluding hydrogens is 472 g/mol. The fourth-order valence-corrected chi connectivity index (χ4v) is 4.27. The zero-order valence-corrected chi connectivity index (χ0v) is 23.2. The van der Waals surface area contributed by atoms with Crippen LogP contribution in [0.1, 0.15) is 59.4 Å². The minimum Gasteiger partial charge on any atom is -0.379 e. The molecule has 1 heterocycles. The average Bonchev–Trinajstić information content (AvgIpc) is 2.85. The molecule has 37 heavy (non-hydrogen) atoms. The molecule has 1 aromatic carbocycles. The lowest BCUT2D eigenvalue weighted by Crippen LogP contribution is -2.55. The van der Waals surface area contributed by atoms with Gasteiger partial charge in [0.05, 0.1) is 19.8 Å². The fraction of sp³-hybridized carbons (Fsp3) is 0.679. The highest BCUT2D eigenvalue weighted by atomic mass is 16.6. The standard InChI is InChI=1S/C28H46N4O5/c1-21(2)18-23(19-24(33)31-37-20-22-10-7-6-8-11-22)26(34)30-25(28(3,4)5)27(35)29-12-9-13-32-14-16-36-17-15-32/h6-8,10-11,21,23,25H,9,12-20H2,1-5H3,(H,29,35)(H,30,34)(H,31,33)/t23-,25-/m1/s1. The molecule has 0 unspecified atom stereocenters. The Morgan fingerprint density at radius 1 is 1.05 bits per heavy atom. The number of hydrogen-bond donors (Lipinski definition) is 3. The molecule has 0 radical (unpaired) electrons. The first-order chi connectivity index (χ1) is 17.6. The van der Waals surface area contributed by atoms with Crippen molar-refractivity contribution >= 4 is 17.7 Å². The summed E-state index contributed by atoms with van der Waals surface area (Å²) in [6, 6.07) is 8.80. The van der Waals surface area contributed by atoms with Gasteiger partial charge in [0, 0.05) is 32.0 Å². The van der Waals surface area contributed by atoms with E-state index in [-0.39, 0.29) is 36.7 Å². The Morgan fingerprint density at radius 3 is 2.35 bits per heavy atom. The van der Waals surface area contributed by atoms with Crippen LogP contribution in [0.5, 0.6) is 0 Å². The number of nitrogens with one attached hydrogen (secondary N) is 3. The van der Waals surface area contributed by atoms with Crippen LogP contribution in [0.3, 0.4) is 0 Å². The third-order valence-electron chi connectivity index (χ3n) is 6.30. The smallest absolute Gasteiger partial charge is 0.244 e. The van der Waals surface area contributed by atoms with Crippen LogP contribution >= 0.6 is 0 Å². The summed E-state index contributed by atoms with van der Waals surface area (Å²) < 4.78 is 5.37. The number of ether oxygens (including phenoxy) is 1. The van der Waals surface area contributed by atoms with E-state index in [1.165, 1.54) is 0 Å². The molecule has 0 bridgehead atoms. The van der Waals surface area contributed by atoms with E-state index in [1.54, 1.807) is 0 Å². The molecule has 208 valence electrons. The van der Waals surface area contributed by atoms with Crippen molar-refractivity contribution in [3.63, 3.8) is 0 Å². The molecular formula is C28H46N4O5. The van der Waals surface area contributed by atoms with Gasteiger partial charge in [0.2, 0.25) is 17.7 Å². The van der Waals surface area contributed by atoms with Gasteiger partial charge < -0.3 is 15.4 Å². The van der Waals surface area contributed by atoms with Crippen LogP contribution in [0.25, 0.3) is 0 Å². The lowest BCUT2D eigenvalue weighted by molar-refractivity contribution is -0.140. The third-order valence-corrected chi connectivity index (χ3v) is 6.30. The van der Waals surface area contributed by atoms with Gasteiger partial charge in [-0.1, -0.05) is 65.0 Å². The Kier molecular flexibility index (Phi) is 13.0. The number of hydroxylamine groups is 1. The topological polar surface area (TPSA) is 109 Å². The van der Waals surface area contributed by atoms with E-state index in [1.807, 2.05) is 65.0 Å². The van der Waals surface area contributed by atoms with E-state index >= 15 is 0 Å². The second-order valence-corrected chi connectivity index (χ2v) is 11.2. The monoisotopic (exact) mass is 518 g/mol. The minimum atomic E-state index is -0.713. The lowest BCUT2D eigenvalue weighted by Gasteiger charge is -2.32. The van der Waals surface area contributed by atoms with Gasteiger partial charge in [-0.05, 0) is 36.3 Å². The zero-order chi connectivity index (χ0) is 27.3. The second kappa shape index (κ2) is 15.7. The van der Waals surface area contributed by atoms with Crippen LogP contribution < -0.4 is 16.1 Å². The van der Waals surface area contributed by atoms with Crippen molar-refractivity contribution in [3.8, 4) is 0 Å². The summed E-state index contributed by atoms with van der Waals surface area (Å²) in [5.74, 6) is -1.23. The zero-order valence-electron chi connectivity index (χ0n) is 23.2. The molecule has 0 aromatic heterocycles. The van der Waals surface area contributed by atoms with Crippen molar-refractivity contribution < 1.29 is 24.0 Å². The number of carbonyl (C=O) groups is 3. The van der Waals surface area contributed by atoms with Crippen molar-refractivity contribution in [1.29, 1.82) is 0 Å².